The molecule has 0 unspecified atom stereocenters. The van der Waals surface area contributed by atoms with Crippen molar-refractivity contribution in [1.82, 2.24) is 10.3 Å². The molecule has 0 fully saturated rings. The second kappa shape index (κ2) is 6.24. The van der Waals surface area contributed by atoms with Gasteiger partial charge in [-0.05, 0) is 24.6 Å². The van der Waals surface area contributed by atoms with Crippen molar-refractivity contribution in [3.05, 3.63) is 41.6 Å². The third kappa shape index (κ3) is 3.48. The summed E-state index contributed by atoms with van der Waals surface area (Å²) in [5, 5.41) is 3.27. The van der Waals surface area contributed by atoms with Gasteiger partial charge in [0, 0.05) is 6.54 Å². The van der Waals surface area contributed by atoms with Crippen LogP contribution in [0.4, 0.5) is 0 Å². The van der Waals surface area contributed by atoms with Crippen molar-refractivity contribution in [2.75, 3.05) is 14.2 Å². The smallest absolute Gasteiger partial charge is 0.208 e. The van der Waals surface area contributed by atoms with E-state index in [-0.39, 0.29) is 0 Å². The monoisotopic (exact) mass is 262 g/mol. The Morgan fingerprint density at radius 1 is 1.16 bits per heavy atom. The molecule has 0 atom stereocenters. The van der Waals surface area contributed by atoms with Crippen LogP contribution in [0.5, 0.6) is 11.5 Å². The van der Waals surface area contributed by atoms with Gasteiger partial charge in [0.25, 0.3) is 0 Å². The molecule has 0 spiro atoms. The molecule has 2 aromatic rings. The summed E-state index contributed by atoms with van der Waals surface area (Å²) in [5.41, 5.74) is 1.11. The first-order valence-corrected chi connectivity index (χ1v) is 6.06. The summed E-state index contributed by atoms with van der Waals surface area (Å²) in [5.74, 6) is 2.98. The van der Waals surface area contributed by atoms with Gasteiger partial charge in [0.05, 0.1) is 27.0 Å². The van der Waals surface area contributed by atoms with Crippen molar-refractivity contribution in [2.45, 2.75) is 20.0 Å². The number of benzene rings is 1. The van der Waals surface area contributed by atoms with E-state index in [2.05, 4.69) is 10.3 Å². The van der Waals surface area contributed by atoms with Gasteiger partial charge in [0.2, 0.25) is 5.89 Å². The first-order chi connectivity index (χ1) is 9.22. The van der Waals surface area contributed by atoms with Crippen LogP contribution in [0, 0.1) is 6.92 Å². The number of hydrogen-bond donors (Lipinski definition) is 1. The largest absolute Gasteiger partial charge is 0.493 e. The molecule has 5 nitrogen and oxygen atoms in total. The van der Waals surface area contributed by atoms with E-state index in [9.17, 15) is 0 Å². The molecule has 1 N–H and O–H groups in total. The number of aromatic nitrogens is 1. The molecule has 1 aromatic carbocycles. The van der Waals surface area contributed by atoms with Crippen LogP contribution in [0.1, 0.15) is 17.2 Å². The van der Waals surface area contributed by atoms with Crippen LogP contribution in [0.25, 0.3) is 0 Å². The normalized spacial score (nSPS) is 10.5. The summed E-state index contributed by atoms with van der Waals surface area (Å²) in [6.45, 7) is 3.19. The first kappa shape index (κ1) is 13.4. The average Bonchev–Trinajstić information content (AvgIpc) is 2.84. The highest BCUT2D eigenvalue weighted by Gasteiger charge is 2.05. The van der Waals surface area contributed by atoms with Gasteiger partial charge in [-0.2, -0.15) is 0 Å². The Morgan fingerprint density at radius 3 is 2.58 bits per heavy atom. The fourth-order valence-corrected chi connectivity index (χ4v) is 1.79. The van der Waals surface area contributed by atoms with E-state index >= 15 is 0 Å². The van der Waals surface area contributed by atoms with Gasteiger partial charge in [-0.1, -0.05) is 6.07 Å². The van der Waals surface area contributed by atoms with Crippen LogP contribution in [0.2, 0.25) is 0 Å². The lowest BCUT2D eigenvalue weighted by Gasteiger charge is -2.09. The van der Waals surface area contributed by atoms with Crippen molar-refractivity contribution in [3.8, 4) is 11.5 Å². The molecule has 0 aliphatic rings. The van der Waals surface area contributed by atoms with Crippen LogP contribution < -0.4 is 14.8 Å². The first-order valence-electron chi connectivity index (χ1n) is 6.06. The Morgan fingerprint density at radius 2 is 1.95 bits per heavy atom. The number of ether oxygens (including phenoxy) is 2. The fraction of sp³-hybridized carbons (Fsp3) is 0.357. The van der Waals surface area contributed by atoms with Gasteiger partial charge >= 0.3 is 0 Å². The van der Waals surface area contributed by atoms with E-state index in [1.54, 1.807) is 20.4 Å². The summed E-state index contributed by atoms with van der Waals surface area (Å²) in [7, 11) is 3.26. The maximum absolute atomic E-state index is 5.38. The number of hydrogen-bond acceptors (Lipinski definition) is 5. The third-order valence-corrected chi connectivity index (χ3v) is 2.72. The van der Waals surface area contributed by atoms with Crippen molar-refractivity contribution < 1.29 is 13.9 Å². The summed E-state index contributed by atoms with van der Waals surface area (Å²) < 4.78 is 15.8. The number of aryl methyl sites for hydroxylation is 1. The molecule has 0 aliphatic carbocycles. The van der Waals surface area contributed by atoms with Gasteiger partial charge in [-0.3, -0.25) is 0 Å². The zero-order chi connectivity index (χ0) is 13.7. The van der Waals surface area contributed by atoms with E-state index in [1.807, 2.05) is 25.1 Å². The lowest BCUT2D eigenvalue weighted by atomic mass is 10.2. The molecule has 0 bridgehead atoms. The second-order valence-corrected chi connectivity index (χ2v) is 4.16. The maximum atomic E-state index is 5.38. The number of nitrogens with zero attached hydrogens (tertiary/aromatic N) is 1. The summed E-state index contributed by atoms with van der Waals surface area (Å²) >= 11 is 0. The number of oxazole rings is 1. The molecule has 0 aliphatic heterocycles. The minimum Gasteiger partial charge on any atom is -0.493 e. The zero-order valence-electron chi connectivity index (χ0n) is 11.4. The lowest BCUT2D eigenvalue weighted by molar-refractivity contribution is 0.354. The van der Waals surface area contributed by atoms with E-state index in [1.165, 1.54) is 0 Å². The Bertz CT molecular complexity index is 537. The minimum atomic E-state index is 0.599. The highest BCUT2D eigenvalue weighted by molar-refractivity contribution is 5.42. The summed E-state index contributed by atoms with van der Waals surface area (Å²) in [6.07, 6.45) is 1.72. The van der Waals surface area contributed by atoms with Crippen molar-refractivity contribution in [1.29, 1.82) is 0 Å². The molecule has 1 heterocycles. The predicted octanol–water partition coefficient (Wildman–Crippen LogP) is 2.29. The van der Waals surface area contributed by atoms with E-state index in [0.717, 1.165) is 22.8 Å². The third-order valence-electron chi connectivity index (χ3n) is 2.72. The number of rotatable bonds is 6. The van der Waals surface area contributed by atoms with Gasteiger partial charge in [0.1, 0.15) is 5.76 Å². The molecule has 0 amide bonds. The van der Waals surface area contributed by atoms with E-state index in [4.69, 9.17) is 13.9 Å². The van der Waals surface area contributed by atoms with E-state index < -0.39 is 0 Å². The van der Waals surface area contributed by atoms with Crippen LogP contribution in [-0.2, 0) is 13.1 Å². The van der Waals surface area contributed by atoms with Gasteiger partial charge in [-0.15, -0.1) is 0 Å². The molecule has 0 saturated carbocycles. The van der Waals surface area contributed by atoms with Crippen molar-refractivity contribution in [2.24, 2.45) is 0 Å². The molecule has 102 valence electrons. The Balaban J connectivity index is 1.92. The Hall–Kier alpha value is -2.01. The topological polar surface area (TPSA) is 56.5 Å². The van der Waals surface area contributed by atoms with Crippen molar-refractivity contribution in [3.63, 3.8) is 0 Å². The Kier molecular flexibility index (Phi) is 4.41. The zero-order valence-corrected chi connectivity index (χ0v) is 11.4. The SMILES string of the molecule is COc1ccc(CNCc2ncc(C)o2)cc1OC. The Labute approximate surface area is 112 Å². The molecule has 5 heteroatoms. The standard InChI is InChI=1S/C14H18N2O3/c1-10-7-16-14(19-10)9-15-8-11-4-5-12(17-2)13(6-11)18-3/h4-7,15H,8-9H2,1-3H3. The molecular formula is C14H18N2O3. The second-order valence-electron chi connectivity index (χ2n) is 4.16. The van der Waals surface area contributed by atoms with Gasteiger partial charge in [0.15, 0.2) is 11.5 Å². The molecule has 1 aromatic heterocycles. The number of methoxy groups -OCH3 is 2. The van der Waals surface area contributed by atoms with Crippen molar-refractivity contribution >= 4 is 0 Å². The van der Waals surface area contributed by atoms with Gasteiger partial charge < -0.3 is 19.2 Å². The van der Waals surface area contributed by atoms with Crippen LogP contribution >= 0.6 is 0 Å². The van der Waals surface area contributed by atoms with Gasteiger partial charge in [-0.25, -0.2) is 4.98 Å². The van der Waals surface area contributed by atoms with Crippen LogP contribution in [-0.4, -0.2) is 19.2 Å². The summed E-state index contributed by atoms with van der Waals surface area (Å²) in [4.78, 5) is 4.13. The average molecular weight is 262 g/mol. The predicted molar refractivity (Wildman–Crippen MR) is 71.3 cm³/mol. The molecular weight excluding hydrogens is 244 g/mol. The lowest BCUT2D eigenvalue weighted by Crippen LogP contribution is -2.12. The van der Waals surface area contributed by atoms with Crippen LogP contribution in [0.3, 0.4) is 0 Å². The molecule has 0 radical (unpaired) electrons. The summed E-state index contributed by atoms with van der Waals surface area (Å²) in [6, 6.07) is 5.84. The molecule has 2 rings (SSSR count). The molecule has 0 saturated heterocycles. The number of nitrogens with one attached hydrogen (secondary N) is 1. The maximum Gasteiger partial charge on any atom is 0.208 e. The molecule has 19 heavy (non-hydrogen) atoms. The minimum absolute atomic E-state index is 0.599. The van der Waals surface area contributed by atoms with E-state index in [0.29, 0.717) is 19.0 Å². The van der Waals surface area contributed by atoms with Crippen LogP contribution in [0.15, 0.2) is 28.8 Å². The fourth-order valence-electron chi connectivity index (χ4n) is 1.79. The highest BCUT2D eigenvalue weighted by atomic mass is 16.5. The highest BCUT2D eigenvalue weighted by Crippen LogP contribution is 2.27. The quantitative estimate of drug-likeness (QED) is 0.865.